The summed E-state index contributed by atoms with van der Waals surface area (Å²) in [5, 5.41) is 21.3. The van der Waals surface area contributed by atoms with Gasteiger partial charge in [0.25, 0.3) is 0 Å². The summed E-state index contributed by atoms with van der Waals surface area (Å²) < 4.78 is 1.66. The number of aryl methyl sites for hydroxylation is 3. The number of nitrogens with one attached hydrogen (secondary N) is 2. The Labute approximate surface area is 205 Å². The van der Waals surface area contributed by atoms with Crippen molar-refractivity contribution in [2.75, 3.05) is 30.3 Å². The SMILES string of the molecule is Cn1ncc2c(NC(CCN(CCCCc3ccc4c(n3)NCCC4)C3CC3)C(=O)O)ncnc21. The van der Waals surface area contributed by atoms with Gasteiger partial charge in [0.15, 0.2) is 5.65 Å². The van der Waals surface area contributed by atoms with Crippen LogP contribution in [0.2, 0.25) is 0 Å². The smallest absolute Gasteiger partial charge is 0.326 e. The maximum absolute atomic E-state index is 12.0. The van der Waals surface area contributed by atoms with E-state index in [9.17, 15) is 9.90 Å². The third-order valence-electron chi connectivity index (χ3n) is 6.99. The average Bonchev–Trinajstić information content (AvgIpc) is 3.64. The van der Waals surface area contributed by atoms with Gasteiger partial charge in [-0.3, -0.25) is 4.68 Å². The van der Waals surface area contributed by atoms with Crippen LogP contribution >= 0.6 is 0 Å². The van der Waals surface area contributed by atoms with Crippen molar-refractivity contribution in [1.29, 1.82) is 0 Å². The van der Waals surface area contributed by atoms with E-state index in [2.05, 4.69) is 42.7 Å². The molecule has 4 heterocycles. The molecule has 0 saturated heterocycles. The number of hydrogen-bond donors (Lipinski definition) is 3. The first-order valence-corrected chi connectivity index (χ1v) is 12.7. The fourth-order valence-corrected chi connectivity index (χ4v) is 4.84. The molecule has 5 rings (SSSR count). The molecule has 35 heavy (non-hydrogen) atoms. The molecule has 1 aliphatic carbocycles. The van der Waals surface area contributed by atoms with Gasteiger partial charge in [-0.1, -0.05) is 6.07 Å². The van der Waals surface area contributed by atoms with Gasteiger partial charge in [0.1, 0.15) is 24.0 Å². The highest BCUT2D eigenvalue weighted by Gasteiger charge is 2.30. The number of carbonyl (C=O) groups is 1. The van der Waals surface area contributed by atoms with Gasteiger partial charge in [-0.25, -0.2) is 19.7 Å². The monoisotopic (exact) mass is 478 g/mol. The summed E-state index contributed by atoms with van der Waals surface area (Å²) in [6, 6.07) is 4.25. The van der Waals surface area contributed by atoms with E-state index in [1.807, 2.05) is 0 Å². The number of anilines is 2. The number of nitrogens with zero attached hydrogens (tertiary/aromatic N) is 6. The summed E-state index contributed by atoms with van der Waals surface area (Å²) >= 11 is 0. The molecule has 10 nitrogen and oxygen atoms in total. The second kappa shape index (κ2) is 10.6. The number of carboxylic acid groups (broad SMARTS) is 1. The zero-order valence-corrected chi connectivity index (χ0v) is 20.3. The molecule has 3 aromatic rings. The molecule has 1 atom stereocenters. The molecule has 3 aromatic heterocycles. The van der Waals surface area contributed by atoms with Crippen molar-refractivity contribution in [2.24, 2.45) is 7.05 Å². The van der Waals surface area contributed by atoms with Crippen LogP contribution in [0.15, 0.2) is 24.7 Å². The van der Waals surface area contributed by atoms with Gasteiger partial charge >= 0.3 is 5.97 Å². The number of aromatic nitrogens is 5. The van der Waals surface area contributed by atoms with Crippen molar-refractivity contribution in [2.45, 2.75) is 63.5 Å². The number of fused-ring (bicyclic) bond motifs is 2. The third kappa shape index (κ3) is 5.70. The Kier molecular flexibility index (Phi) is 7.08. The van der Waals surface area contributed by atoms with Crippen LogP contribution in [0, 0.1) is 0 Å². The molecule has 1 saturated carbocycles. The average molecular weight is 479 g/mol. The van der Waals surface area contributed by atoms with Gasteiger partial charge in [-0.2, -0.15) is 5.10 Å². The minimum atomic E-state index is -0.872. The molecule has 0 amide bonds. The maximum Gasteiger partial charge on any atom is 0.326 e. The van der Waals surface area contributed by atoms with Crippen molar-refractivity contribution in [3.8, 4) is 0 Å². The summed E-state index contributed by atoms with van der Waals surface area (Å²) in [4.78, 5) is 27.8. The van der Waals surface area contributed by atoms with E-state index in [-0.39, 0.29) is 0 Å². The number of hydrogen-bond acceptors (Lipinski definition) is 8. The minimum absolute atomic E-state index is 0.510. The lowest BCUT2D eigenvalue weighted by molar-refractivity contribution is -0.138. The minimum Gasteiger partial charge on any atom is -0.480 e. The molecule has 0 aromatic carbocycles. The van der Waals surface area contributed by atoms with Crippen LogP contribution < -0.4 is 10.6 Å². The molecule has 0 bridgehead atoms. The standard InChI is InChI=1S/C25H34N8O2/c1-32-24-20(15-29-32)23(27-16-28-24)31-21(25(34)35)11-14-33(19-9-10-19)13-3-2-6-18-8-7-17-5-4-12-26-22(17)30-18/h7-8,15-16,19,21H,2-6,9-14H2,1H3,(H,26,30)(H,34,35)(H,27,28,31). The summed E-state index contributed by atoms with van der Waals surface area (Å²) in [6.07, 6.45) is 11.4. The Morgan fingerprint density at radius 3 is 3.00 bits per heavy atom. The van der Waals surface area contributed by atoms with Crippen molar-refractivity contribution < 1.29 is 9.90 Å². The number of carboxylic acids is 1. The predicted molar refractivity (Wildman–Crippen MR) is 135 cm³/mol. The molecule has 0 radical (unpaired) electrons. The number of pyridine rings is 1. The highest BCUT2D eigenvalue weighted by molar-refractivity contribution is 5.88. The van der Waals surface area contributed by atoms with Gasteiger partial charge in [-0.05, 0) is 69.5 Å². The van der Waals surface area contributed by atoms with Crippen molar-refractivity contribution >= 4 is 28.6 Å². The highest BCUT2D eigenvalue weighted by atomic mass is 16.4. The second-order valence-electron chi connectivity index (χ2n) is 9.62. The summed E-state index contributed by atoms with van der Waals surface area (Å²) in [6.45, 7) is 2.74. The molecule has 1 unspecified atom stereocenters. The molecule has 10 heteroatoms. The van der Waals surface area contributed by atoms with E-state index in [1.54, 1.807) is 17.9 Å². The Morgan fingerprint density at radius 1 is 1.29 bits per heavy atom. The van der Waals surface area contributed by atoms with Crippen LogP contribution in [-0.2, 0) is 24.7 Å². The van der Waals surface area contributed by atoms with Gasteiger partial charge in [0, 0.05) is 31.9 Å². The Bertz CT molecular complexity index is 1180. The molecular weight excluding hydrogens is 444 g/mol. The van der Waals surface area contributed by atoms with E-state index in [0.717, 1.165) is 62.2 Å². The lowest BCUT2D eigenvalue weighted by Crippen LogP contribution is -2.36. The highest BCUT2D eigenvalue weighted by Crippen LogP contribution is 2.28. The summed E-state index contributed by atoms with van der Waals surface area (Å²) in [5.74, 6) is 0.705. The fourth-order valence-electron chi connectivity index (χ4n) is 4.84. The molecular formula is C25H34N8O2. The van der Waals surface area contributed by atoms with Crippen LogP contribution in [0.3, 0.4) is 0 Å². The van der Waals surface area contributed by atoms with Crippen LogP contribution in [0.25, 0.3) is 11.0 Å². The van der Waals surface area contributed by atoms with Gasteiger partial charge in [0.05, 0.1) is 11.6 Å². The molecule has 186 valence electrons. The fraction of sp³-hybridized carbons (Fsp3) is 0.560. The first-order chi connectivity index (χ1) is 17.1. The largest absolute Gasteiger partial charge is 0.480 e. The molecule has 2 aliphatic rings. The number of rotatable bonds is 12. The van der Waals surface area contributed by atoms with Crippen molar-refractivity contribution in [3.63, 3.8) is 0 Å². The quantitative estimate of drug-likeness (QED) is 0.337. The second-order valence-corrected chi connectivity index (χ2v) is 9.62. The van der Waals surface area contributed by atoms with Gasteiger partial charge in [0.2, 0.25) is 0 Å². The van der Waals surface area contributed by atoms with E-state index in [1.165, 1.54) is 31.2 Å². The van der Waals surface area contributed by atoms with Gasteiger partial charge in [-0.15, -0.1) is 0 Å². The predicted octanol–water partition coefficient (Wildman–Crippen LogP) is 2.86. The lowest BCUT2D eigenvalue weighted by atomic mass is 10.1. The van der Waals surface area contributed by atoms with Crippen LogP contribution in [-0.4, -0.2) is 72.4 Å². The Morgan fingerprint density at radius 2 is 2.17 bits per heavy atom. The van der Waals surface area contributed by atoms with E-state index in [4.69, 9.17) is 4.98 Å². The van der Waals surface area contributed by atoms with Crippen molar-refractivity contribution in [1.82, 2.24) is 29.6 Å². The zero-order chi connectivity index (χ0) is 24.2. The van der Waals surface area contributed by atoms with E-state index >= 15 is 0 Å². The molecule has 0 spiro atoms. The first kappa shape index (κ1) is 23.5. The third-order valence-corrected chi connectivity index (χ3v) is 6.99. The van der Waals surface area contributed by atoms with Crippen LogP contribution in [0.1, 0.15) is 49.8 Å². The van der Waals surface area contributed by atoms with E-state index in [0.29, 0.717) is 23.9 Å². The molecule has 3 N–H and O–H groups in total. The molecule has 1 fully saturated rings. The zero-order valence-electron chi connectivity index (χ0n) is 20.3. The number of aliphatic carboxylic acids is 1. The summed E-state index contributed by atoms with van der Waals surface area (Å²) in [5.41, 5.74) is 3.15. The van der Waals surface area contributed by atoms with E-state index < -0.39 is 12.0 Å². The van der Waals surface area contributed by atoms with Gasteiger partial charge < -0.3 is 20.6 Å². The maximum atomic E-state index is 12.0. The van der Waals surface area contributed by atoms with Crippen molar-refractivity contribution in [3.05, 3.63) is 35.9 Å². The van der Waals surface area contributed by atoms with Crippen LogP contribution in [0.4, 0.5) is 11.6 Å². The normalized spacial score (nSPS) is 16.2. The number of unbranched alkanes of at least 4 members (excludes halogenated alkanes) is 1. The first-order valence-electron chi connectivity index (χ1n) is 12.7. The van der Waals surface area contributed by atoms with Crippen LogP contribution in [0.5, 0.6) is 0 Å². The Hall–Kier alpha value is -3.27. The summed E-state index contributed by atoms with van der Waals surface area (Å²) in [7, 11) is 1.81. The Balaban J connectivity index is 1.13. The lowest BCUT2D eigenvalue weighted by Gasteiger charge is -2.24. The molecule has 1 aliphatic heterocycles. The topological polar surface area (TPSA) is 121 Å².